The molecule has 0 spiro atoms. The highest BCUT2D eigenvalue weighted by molar-refractivity contribution is 5.76. The van der Waals surface area contributed by atoms with Gasteiger partial charge in [0.2, 0.25) is 0 Å². The van der Waals surface area contributed by atoms with Crippen LogP contribution >= 0.6 is 0 Å². The smallest absolute Gasteiger partial charge is 0.323 e. The monoisotopic (exact) mass is 238 g/mol. The van der Waals surface area contributed by atoms with Crippen LogP contribution in [0, 0.1) is 0 Å². The van der Waals surface area contributed by atoms with E-state index >= 15 is 0 Å². The normalized spacial score (nSPS) is 24.9. The number of esters is 1. The van der Waals surface area contributed by atoms with E-state index in [9.17, 15) is 4.79 Å². The standard InChI is InChI=1S/C11H18N4O2/c1-11(2,3)17-10(16)9-6-8(7-12-9)15-5-4-13-14-15/h4-5,8-9,12H,6-7H2,1-3H3/t8-,9-/m0/s1. The number of carbonyl (C=O) groups is 1. The van der Waals surface area contributed by atoms with E-state index in [1.807, 2.05) is 27.0 Å². The predicted molar refractivity (Wildman–Crippen MR) is 61.3 cm³/mol. The molecular formula is C11H18N4O2. The highest BCUT2D eigenvalue weighted by atomic mass is 16.6. The third-order valence-electron chi connectivity index (χ3n) is 2.61. The van der Waals surface area contributed by atoms with E-state index < -0.39 is 5.60 Å². The third-order valence-corrected chi connectivity index (χ3v) is 2.61. The summed E-state index contributed by atoms with van der Waals surface area (Å²) in [6.07, 6.45) is 4.14. The summed E-state index contributed by atoms with van der Waals surface area (Å²) in [5.74, 6) is -0.194. The average molecular weight is 238 g/mol. The summed E-state index contributed by atoms with van der Waals surface area (Å²) in [5, 5.41) is 10.9. The fourth-order valence-electron chi connectivity index (χ4n) is 1.88. The molecule has 1 aromatic rings. The van der Waals surface area contributed by atoms with E-state index in [0.717, 1.165) is 0 Å². The van der Waals surface area contributed by atoms with Crippen molar-refractivity contribution in [1.82, 2.24) is 20.3 Å². The largest absolute Gasteiger partial charge is 0.459 e. The van der Waals surface area contributed by atoms with Gasteiger partial charge in [-0.25, -0.2) is 4.68 Å². The molecule has 0 radical (unpaired) electrons. The molecule has 0 unspecified atom stereocenters. The van der Waals surface area contributed by atoms with E-state index in [1.165, 1.54) is 0 Å². The van der Waals surface area contributed by atoms with E-state index in [2.05, 4.69) is 15.6 Å². The lowest BCUT2D eigenvalue weighted by atomic mass is 10.1. The van der Waals surface area contributed by atoms with Gasteiger partial charge in [0, 0.05) is 12.7 Å². The van der Waals surface area contributed by atoms with E-state index in [0.29, 0.717) is 13.0 Å². The lowest BCUT2D eigenvalue weighted by molar-refractivity contribution is -0.157. The number of hydrogen-bond donors (Lipinski definition) is 1. The maximum Gasteiger partial charge on any atom is 0.323 e. The molecule has 2 rings (SSSR count). The van der Waals surface area contributed by atoms with Gasteiger partial charge < -0.3 is 10.1 Å². The molecule has 17 heavy (non-hydrogen) atoms. The van der Waals surface area contributed by atoms with E-state index in [4.69, 9.17) is 4.74 Å². The van der Waals surface area contributed by atoms with Gasteiger partial charge in [-0.15, -0.1) is 5.10 Å². The van der Waals surface area contributed by atoms with Crippen molar-refractivity contribution in [3.05, 3.63) is 12.4 Å². The fourth-order valence-corrected chi connectivity index (χ4v) is 1.88. The molecule has 6 heteroatoms. The number of hydrogen-bond acceptors (Lipinski definition) is 5. The van der Waals surface area contributed by atoms with Gasteiger partial charge in [-0.2, -0.15) is 0 Å². The van der Waals surface area contributed by atoms with Gasteiger partial charge in [0.1, 0.15) is 11.6 Å². The molecular weight excluding hydrogens is 220 g/mol. The molecule has 0 bridgehead atoms. The van der Waals surface area contributed by atoms with Gasteiger partial charge in [-0.05, 0) is 27.2 Å². The first kappa shape index (κ1) is 12.0. The van der Waals surface area contributed by atoms with Crippen molar-refractivity contribution in [2.75, 3.05) is 6.54 Å². The quantitative estimate of drug-likeness (QED) is 0.761. The molecule has 0 aliphatic carbocycles. The van der Waals surface area contributed by atoms with Crippen LogP contribution in [0.3, 0.4) is 0 Å². The van der Waals surface area contributed by atoms with Crippen LogP contribution in [0.2, 0.25) is 0 Å². The van der Waals surface area contributed by atoms with Crippen LogP contribution in [0.5, 0.6) is 0 Å². The Labute approximate surface area is 100 Å². The van der Waals surface area contributed by atoms with Crippen LogP contribution in [-0.4, -0.2) is 39.2 Å². The molecule has 1 aromatic heterocycles. The molecule has 0 amide bonds. The molecule has 1 N–H and O–H groups in total. The summed E-state index contributed by atoms with van der Waals surface area (Å²) < 4.78 is 7.12. The number of carbonyl (C=O) groups excluding carboxylic acids is 1. The molecule has 1 aliphatic rings. The average Bonchev–Trinajstić information content (AvgIpc) is 2.86. The number of aromatic nitrogens is 3. The molecule has 6 nitrogen and oxygen atoms in total. The van der Waals surface area contributed by atoms with Crippen LogP contribution < -0.4 is 5.32 Å². The van der Waals surface area contributed by atoms with Gasteiger partial charge in [-0.1, -0.05) is 5.21 Å². The van der Waals surface area contributed by atoms with Crippen LogP contribution in [0.25, 0.3) is 0 Å². The van der Waals surface area contributed by atoms with E-state index in [1.54, 1.807) is 10.9 Å². The summed E-state index contributed by atoms with van der Waals surface area (Å²) in [7, 11) is 0. The molecule has 1 saturated heterocycles. The first-order chi connectivity index (χ1) is 7.96. The highest BCUT2D eigenvalue weighted by Gasteiger charge is 2.33. The molecule has 1 fully saturated rings. The Morgan fingerprint density at radius 1 is 1.53 bits per heavy atom. The Balaban J connectivity index is 1.92. The van der Waals surface area contributed by atoms with Crippen LogP contribution in [-0.2, 0) is 9.53 Å². The summed E-state index contributed by atoms with van der Waals surface area (Å²) in [4.78, 5) is 11.8. The lowest BCUT2D eigenvalue weighted by Gasteiger charge is -2.22. The minimum Gasteiger partial charge on any atom is -0.459 e. The van der Waals surface area contributed by atoms with Crippen molar-refractivity contribution in [2.24, 2.45) is 0 Å². The fraction of sp³-hybridized carbons (Fsp3) is 0.727. The maximum atomic E-state index is 11.8. The second-order valence-corrected chi connectivity index (χ2v) is 5.27. The van der Waals surface area contributed by atoms with Gasteiger partial charge in [0.25, 0.3) is 0 Å². The zero-order chi connectivity index (χ0) is 12.5. The van der Waals surface area contributed by atoms with Crippen molar-refractivity contribution < 1.29 is 9.53 Å². The Morgan fingerprint density at radius 2 is 2.29 bits per heavy atom. The Bertz CT molecular complexity index is 383. The number of ether oxygens (including phenoxy) is 1. The van der Waals surface area contributed by atoms with Crippen LogP contribution in [0.4, 0.5) is 0 Å². The zero-order valence-electron chi connectivity index (χ0n) is 10.4. The Morgan fingerprint density at radius 3 is 2.88 bits per heavy atom. The molecule has 2 heterocycles. The first-order valence-corrected chi connectivity index (χ1v) is 5.78. The SMILES string of the molecule is CC(C)(C)OC(=O)[C@@H]1C[C@H](n2ccnn2)CN1. The molecule has 0 saturated carbocycles. The van der Waals surface area contributed by atoms with Crippen molar-refractivity contribution in [1.29, 1.82) is 0 Å². The number of nitrogens with zero attached hydrogens (tertiary/aromatic N) is 3. The van der Waals surface area contributed by atoms with Crippen molar-refractivity contribution in [3.63, 3.8) is 0 Å². The first-order valence-electron chi connectivity index (χ1n) is 5.78. The van der Waals surface area contributed by atoms with Crippen molar-refractivity contribution >= 4 is 5.97 Å². The van der Waals surface area contributed by atoms with Crippen LogP contribution in [0.1, 0.15) is 33.2 Å². The summed E-state index contributed by atoms with van der Waals surface area (Å²) >= 11 is 0. The van der Waals surface area contributed by atoms with Crippen molar-refractivity contribution in [3.8, 4) is 0 Å². The number of nitrogens with one attached hydrogen (secondary N) is 1. The predicted octanol–water partition coefficient (Wildman–Crippen LogP) is 0.523. The van der Waals surface area contributed by atoms with Gasteiger partial charge in [0.05, 0.1) is 12.2 Å². The Hall–Kier alpha value is -1.43. The molecule has 0 aromatic carbocycles. The second kappa shape index (κ2) is 4.44. The van der Waals surface area contributed by atoms with E-state index in [-0.39, 0.29) is 18.1 Å². The highest BCUT2D eigenvalue weighted by Crippen LogP contribution is 2.20. The molecule has 94 valence electrons. The Kier molecular flexibility index (Phi) is 3.15. The van der Waals surface area contributed by atoms with Crippen molar-refractivity contribution in [2.45, 2.75) is 44.9 Å². The summed E-state index contributed by atoms with van der Waals surface area (Å²) in [6.45, 7) is 6.32. The van der Waals surface area contributed by atoms with Gasteiger partial charge in [0.15, 0.2) is 0 Å². The van der Waals surface area contributed by atoms with Gasteiger partial charge >= 0.3 is 5.97 Å². The molecule has 2 atom stereocenters. The van der Waals surface area contributed by atoms with Gasteiger partial charge in [-0.3, -0.25) is 4.79 Å². The summed E-state index contributed by atoms with van der Waals surface area (Å²) in [5.41, 5.74) is -0.440. The minimum atomic E-state index is -0.440. The molecule has 1 aliphatic heterocycles. The summed E-state index contributed by atoms with van der Waals surface area (Å²) in [6, 6.07) is -0.0709. The second-order valence-electron chi connectivity index (χ2n) is 5.27. The maximum absolute atomic E-state index is 11.8. The minimum absolute atomic E-state index is 0.176. The topological polar surface area (TPSA) is 69.0 Å². The third kappa shape index (κ3) is 3.03. The zero-order valence-corrected chi connectivity index (χ0v) is 10.4. The van der Waals surface area contributed by atoms with Crippen LogP contribution in [0.15, 0.2) is 12.4 Å². The lowest BCUT2D eigenvalue weighted by Crippen LogP contribution is -2.37. The number of rotatable bonds is 2.